The lowest BCUT2D eigenvalue weighted by Crippen LogP contribution is -2.21. The molecule has 1 aliphatic rings. The number of rotatable bonds is 8. The van der Waals surface area contributed by atoms with Crippen LogP contribution in [0.25, 0.3) is 0 Å². The highest BCUT2D eigenvalue weighted by molar-refractivity contribution is 8.06. The molecule has 0 aromatic carbocycles. The third kappa shape index (κ3) is 8.59. The van der Waals surface area contributed by atoms with Crippen molar-refractivity contribution < 1.29 is 23.8 Å². The molecule has 2 unspecified atom stereocenters. The van der Waals surface area contributed by atoms with E-state index in [9.17, 15) is 4.79 Å². The van der Waals surface area contributed by atoms with Crippen LogP contribution in [0.2, 0.25) is 0 Å². The first kappa shape index (κ1) is 23.9. The van der Waals surface area contributed by atoms with Crippen molar-refractivity contribution in [3.8, 4) is 0 Å². The maximum Gasteiger partial charge on any atom is 0.321 e. The van der Waals surface area contributed by atoms with Gasteiger partial charge in [-0.3, -0.25) is 15.2 Å². The van der Waals surface area contributed by atoms with Crippen LogP contribution >= 0.6 is 6.72 Å². The van der Waals surface area contributed by atoms with Gasteiger partial charge in [0.05, 0.1) is 24.6 Å². The molecular weight excluding hydrogens is 391 g/mol. The topological polar surface area (TPSA) is 118 Å². The van der Waals surface area contributed by atoms with Crippen molar-refractivity contribution in [3.63, 3.8) is 0 Å². The van der Waals surface area contributed by atoms with Gasteiger partial charge in [-0.05, 0) is 30.6 Å². The minimum Gasteiger partial charge on any atom is -0.366 e. The molecule has 1 saturated heterocycles. The van der Waals surface area contributed by atoms with Gasteiger partial charge in [-0.1, -0.05) is 27.2 Å². The number of nitrogens with zero attached hydrogens (tertiary/aromatic N) is 3. The lowest BCUT2D eigenvalue weighted by molar-refractivity contribution is 0.0115. The molecule has 1 aliphatic heterocycles. The van der Waals surface area contributed by atoms with E-state index in [1.54, 1.807) is 13.2 Å². The summed E-state index contributed by atoms with van der Waals surface area (Å²) in [5.41, 5.74) is 3.52. The molecule has 0 bridgehead atoms. The second-order valence-electron chi connectivity index (χ2n) is 6.42. The number of carbonyl (C=O) groups excluding carboxylic acids is 1. The van der Waals surface area contributed by atoms with E-state index in [1.165, 1.54) is 17.4 Å². The fraction of sp³-hybridized carbons (Fsp3) is 0.688. The molecule has 154 valence electrons. The summed E-state index contributed by atoms with van der Waals surface area (Å²) in [5.74, 6) is 1.09. The average molecular weight is 420 g/mol. The normalized spacial score (nSPS) is 20.0. The van der Waals surface area contributed by atoms with Crippen molar-refractivity contribution in [1.82, 2.24) is 9.66 Å². The molecule has 2 heterocycles. The lowest BCUT2D eigenvalue weighted by atomic mass is 10.1. The summed E-state index contributed by atoms with van der Waals surface area (Å²) in [6.45, 7) is 2.98. The second kappa shape index (κ2) is 11.6. The Morgan fingerprint density at radius 3 is 2.74 bits per heavy atom. The molecule has 0 saturated carbocycles. The van der Waals surface area contributed by atoms with Crippen LogP contribution in [-0.2, 0) is 21.1 Å². The van der Waals surface area contributed by atoms with Gasteiger partial charge < -0.3 is 19.0 Å². The summed E-state index contributed by atoms with van der Waals surface area (Å²) in [4.78, 5) is 36.9. The van der Waals surface area contributed by atoms with Gasteiger partial charge in [-0.25, -0.2) is 9.66 Å². The van der Waals surface area contributed by atoms with Crippen LogP contribution in [0.1, 0.15) is 62.5 Å². The SMILES string of the molecule is CCC(C)C.CN=CNn1c(C2CCC(COP(O)(O)=S)O2)cnc1C=O. The van der Waals surface area contributed by atoms with Gasteiger partial charge in [0, 0.05) is 7.05 Å². The van der Waals surface area contributed by atoms with Crippen molar-refractivity contribution in [2.45, 2.75) is 52.2 Å². The van der Waals surface area contributed by atoms with Crippen LogP contribution in [-0.4, -0.2) is 51.8 Å². The van der Waals surface area contributed by atoms with Gasteiger partial charge in [-0.15, -0.1) is 0 Å². The largest absolute Gasteiger partial charge is 0.366 e. The quantitative estimate of drug-likeness (QED) is 0.254. The summed E-state index contributed by atoms with van der Waals surface area (Å²) in [5, 5.41) is 0. The molecule has 0 amide bonds. The maximum atomic E-state index is 11.0. The Balaban J connectivity index is 0.000000646. The van der Waals surface area contributed by atoms with Crippen LogP contribution in [0, 0.1) is 5.92 Å². The Bertz CT molecular complexity index is 661. The predicted molar refractivity (Wildman–Crippen MR) is 108 cm³/mol. The summed E-state index contributed by atoms with van der Waals surface area (Å²) in [7, 11) is 1.59. The average Bonchev–Trinajstić information content (AvgIpc) is 3.24. The molecule has 1 aromatic rings. The van der Waals surface area contributed by atoms with E-state index in [0.717, 1.165) is 5.92 Å². The van der Waals surface area contributed by atoms with Crippen LogP contribution in [0.3, 0.4) is 0 Å². The third-order valence-electron chi connectivity index (χ3n) is 3.92. The number of ether oxygens (including phenoxy) is 1. The van der Waals surface area contributed by atoms with E-state index in [2.05, 4.69) is 48.0 Å². The minimum absolute atomic E-state index is 0.0132. The zero-order valence-electron chi connectivity index (χ0n) is 16.1. The standard InChI is InChI=1S/C11H17N4O5PS.C5H12/c1-12-7-14-15-9(4-13-11(15)5-16)10-3-2-8(20-10)6-19-21(17,18)22;1-4-5(2)3/h4-5,7-8,10H,2-3,6H2,1H3,(H,12,14)(H2,17,18,22);5H,4H2,1-3H3. The van der Waals surface area contributed by atoms with Crippen LogP contribution in [0.15, 0.2) is 11.2 Å². The van der Waals surface area contributed by atoms with E-state index in [4.69, 9.17) is 19.0 Å². The first-order chi connectivity index (χ1) is 12.7. The molecule has 1 aromatic heterocycles. The lowest BCUT2D eigenvalue weighted by Gasteiger charge is -2.17. The van der Waals surface area contributed by atoms with Gasteiger partial charge in [-0.2, -0.15) is 0 Å². The van der Waals surface area contributed by atoms with E-state index in [-0.39, 0.29) is 24.6 Å². The van der Waals surface area contributed by atoms with E-state index >= 15 is 0 Å². The fourth-order valence-corrected chi connectivity index (χ4v) is 2.72. The monoisotopic (exact) mass is 420 g/mol. The second-order valence-corrected chi connectivity index (χ2v) is 9.09. The Morgan fingerprint density at radius 2 is 2.22 bits per heavy atom. The van der Waals surface area contributed by atoms with E-state index in [0.29, 0.717) is 24.8 Å². The molecule has 27 heavy (non-hydrogen) atoms. The molecule has 0 spiro atoms. The number of aldehydes is 1. The highest BCUT2D eigenvalue weighted by Gasteiger charge is 2.31. The van der Waals surface area contributed by atoms with Gasteiger partial charge >= 0.3 is 6.72 Å². The number of hydrogen-bond donors (Lipinski definition) is 3. The number of aliphatic imine (C=N–C) groups is 1. The maximum absolute atomic E-state index is 11.0. The highest BCUT2D eigenvalue weighted by Crippen LogP contribution is 2.39. The summed E-state index contributed by atoms with van der Waals surface area (Å²) < 4.78 is 12.1. The van der Waals surface area contributed by atoms with Crippen molar-refractivity contribution in [1.29, 1.82) is 0 Å². The van der Waals surface area contributed by atoms with Crippen molar-refractivity contribution in [2.24, 2.45) is 10.9 Å². The molecule has 0 radical (unpaired) electrons. The number of aromatic nitrogens is 2. The number of carbonyl (C=O) groups is 1. The number of hydrogen-bond acceptors (Lipinski definition) is 6. The highest BCUT2D eigenvalue weighted by atomic mass is 32.5. The summed E-state index contributed by atoms with van der Waals surface area (Å²) in [6, 6.07) is 0. The van der Waals surface area contributed by atoms with Gasteiger partial charge in [0.1, 0.15) is 12.4 Å². The first-order valence-electron chi connectivity index (χ1n) is 8.77. The molecule has 11 heteroatoms. The van der Waals surface area contributed by atoms with Crippen LogP contribution < -0.4 is 5.43 Å². The summed E-state index contributed by atoms with van der Waals surface area (Å²) in [6.07, 6.45) is 5.69. The molecule has 9 nitrogen and oxygen atoms in total. The molecule has 2 rings (SSSR count). The Labute approximate surface area is 165 Å². The third-order valence-corrected chi connectivity index (χ3v) is 4.72. The first-order valence-corrected chi connectivity index (χ1v) is 11.4. The Kier molecular flexibility index (Phi) is 10.3. The van der Waals surface area contributed by atoms with Gasteiger partial charge in [0.2, 0.25) is 0 Å². The smallest absolute Gasteiger partial charge is 0.321 e. The van der Waals surface area contributed by atoms with Crippen LogP contribution in [0.4, 0.5) is 0 Å². The van der Waals surface area contributed by atoms with Crippen molar-refractivity contribution in [2.75, 3.05) is 19.1 Å². The van der Waals surface area contributed by atoms with E-state index in [1.807, 2.05) is 0 Å². The summed E-state index contributed by atoms with van der Waals surface area (Å²) >= 11 is 4.40. The fourth-order valence-electron chi connectivity index (χ4n) is 2.17. The predicted octanol–water partition coefficient (Wildman–Crippen LogP) is 2.40. The Hall–Kier alpha value is -1.16. The zero-order chi connectivity index (χ0) is 20.4. The molecule has 2 atom stereocenters. The van der Waals surface area contributed by atoms with Gasteiger partial charge in [0.25, 0.3) is 0 Å². The number of imidazole rings is 1. The minimum atomic E-state index is -3.68. The van der Waals surface area contributed by atoms with E-state index < -0.39 is 6.72 Å². The van der Waals surface area contributed by atoms with Gasteiger partial charge in [0.15, 0.2) is 12.1 Å². The molecule has 0 aliphatic carbocycles. The van der Waals surface area contributed by atoms with Crippen molar-refractivity contribution in [3.05, 3.63) is 17.7 Å². The number of nitrogens with one attached hydrogen (secondary N) is 1. The molecular formula is C16H29N4O5PS. The zero-order valence-corrected chi connectivity index (χ0v) is 17.8. The Morgan fingerprint density at radius 1 is 1.56 bits per heavy atom. The molecule has 3 N–H and O–H groups in total. The van der Waals surface area contributed by atoms with Crippen LogP contribution in [0.5, 0.6) is 0 Å². The van der Waals surface area contributed by atoms with Crippen molar-refractivity contribution >= 4 is 31.2 Å². The molecule has 1 fully saturated rings.